The minimum Gasteiger partial charge on any atom is -0.693 e. The molecule has 12 rings (SSSR count). The second-order valence-electron chi connectivity index (χ2n) is 24.3. The van der Waals surface area contributed by atoms with Crippen LogP contribution in [0.2, 0.25) is 30.7 Å². The molecule has 0 aliphatic heterocycles. The summed E-state index contributed by atoms with van der Waals surface area (Å²) in [5.74, 6) is 4.51. The lowest BCUT2D eigenvalue weighted by molar-refractivity contribution is -0.127. The first-order valence-electron chi connectivity index (χ1n) is 34.8. The molecule has 8 heterocycles. The van der Waals surface area contributed by atoms with E-state index in [1.807, 2.05) is 53.3 Å². The van der Waals surface area contributed by atoms with Gasteiger partial charge >= 0.3 is 17.6 Å². The summed E-state index contributed by atoms with van der Waals surface area (Å²) in [6.07, 6.45) is 14.5. The van der Waals surface area contributed by atoms with Gasteiger partial charge in [0, 0.05) is 138 Å². The highest BCUT2D eigenvalue weighted by atomic mass is 127. The predicted molar refractivity (Wildman–Crippen MR) is 509 cm³/mol. The molecule has 5 radical (unpaired) electrons. The molecule has 0 amide bonds. The summed E-state index contributed by atoms with van der Waals surface area (Å²) in [4.78, 5) is 100. The maximum absolute atomic E-state index is 13.0. The molecule has 0 saturated carbocycles. The summed E-state index contributed by atoms with van der Waals surface area (Å²) in [5.41, 5.74) is 18.2. The molecule has 0 fully saturated rings. The number of carbonyl (C=O) groups is 2. The number of nitrogens with zero attached hydrogens (tertiary/aromatic N) is 17. The second kappa shape index (κ2) is 55.1. The summed E-state index contributed by atoms with van der Waals surface area (Å²) in [7, 11) is 28.6. The SMILES string of the molecule is C.C.CCCC#N.COc1cc(OC)c(Cl)c(-c2nc(-c3nc(-c4cn(C)nc4C)cnc3N)cn(C)c2=O)c1.COc1cc(OC)c(Cl)c(-c2nc(Cl)cn(C)c2=O)c1.COc1cc(OC)cc(-c2nc(Cl)cn(C)c2=O)c1.COc1cc(OC)cc(B(O)O)c1.Cc1nn(C)cc1-c1cnc(N)c(Br)n1.Cn1cc(Cl)nc(Cl)c1=O.I.O=C(Cl)C(=O)Cl.[B][B-]. The van der Waals surface area contributed by atoms with Crippen LogP contribution in [-0.2, 0) is 51.9 Å². The Bertz CT molecular complexity index is 5910. The van der Waals surface area contributed by atoms with Crippen LogP contribution in [0.3, 0.4) is 0 Å². The molecular weight excluding hydrogens is 1980 g/mol. The van der Waals surface area contributed by atoms with Gasteiger partial charge in [0.1, 0.15) is 94.5 Å². The zero-order valence-electron chi connectivity index (χ0n) is 69.2. The molecule has 12 aromatic rings. The van der Waals surface area contributed by atoms with Crippen molar-refractivity contribution in [3.63, 3.8) is 0 Å². The molecular formula is C78H88B3BrCl8IN19O16-. The van der Waals surface area contributed by atoms with Gasteiger partial charge in [-0.05, 0) is 101 Å². The van der Waals surface area contributed by atoms with Crippen molar-refractivity contribution < 1.29 is 57.5 Å². The minimum absolute atomic E-state index is 0. The van der Waals surface area contributed by atoms with Crippen molar-refractivity contribution in [3.05, 3.63) is 198 Å². The number of benzene rings is 4. The molecule has 0 atom stereocenters. The van der Waals surface area contributed by atoms with E-state index in [1.165, 1.54) is 91.7 Å². The summed E-state index contributed by atoms with van der Waals surface area (Å²) in [5, 5.41) is 33.0. The standard InChI is InChI=1S/C22H22ClN7O3.C13H12Cl2N2O3.C13H13ClN2O3.C9H10BrN5.C8H11BO4.C5H4Cl2N2O.C4H7N.C2Cl2O2.2CH4.B2.HI/c1-11-14(9-30(3)28-11)15-8-25-21(24)20(26-15)16-10-29(2)22(31)19(27-16)13-6-12(32-4)7-17(33-5)18(13)23;1-17-6-10(14)16-12(13(17)18)8-4-7(19-2)5-9(20-3)11(8)15;1-16-7-11(14)15-12(13(16)17)8-4-9(18-2)6-10(5-8)19-3;1-5-6(4-15(2)14-5)7-3-12-9(11)8(10)13-7;1-12-7-3-6(9(10)11)4-8(5-7)13-2;1-9-2-3(6)8-4(7)5(9)10;1-2-3-4-5;3-1(5)2(4)6;;;1-2;/h6-10H,1-5H3,(H2,24,25);4-6H,1-3H3;4-7H,1-3H3;3-4H,1-2H3,(H2,11,12);3-5,10-11H,1-2H3;2H,1H3;2-3H2,1H3;;2*1H4;;1H/q;;;;;;;;;;-1;. The maximum Gasteiger partial charge on any atom is 0.488 e. The first kappa shape index (κ1) is 113. The normalized spacial score (nSPS) is 9.78. The number of hydrogen-bond donors (Lipinski definition) is 4. The van der Waals surface area contributed by atoms with E-state index in [9.17, 15) is 28.8 Å². The number of carbonyl (C=O) groups excluding carboxylic acids is 2. The van der Waals surface area contributed by atoms with Crippen LogP contribution < -0.4 is 77.1 Å². The van der Waals surface area contributed by atoms with Gasteiger partial charge in [0.15, 0.2) is 16.8 Å². The highest BCUT2D eigenvalue weighted by Crippen LogP contribution is 2.40. The molecule has 0 unspecified atom stereocenters. The molecule has 4 aromatic carbocycles. The molecule has 0 aliphatic carbocycles. The largest absolute Gasteiger partial charge is 0.693 e. The van der Waals surface area contributed by atoms with Crippen molar-refractivity contribution in [3.8, 4) is 120 Å². The monoisotopic (exact) mass is 2070 g/mol. The van der Waals surface area contributed by atoms with Gasteiger partial charge in [-0.2, -0.15) is 15.5 Å². The van der Waals surface area contributed by atoms with Crippen molar-refractivity contribution >= 4 is 183 Å². The smallest absolute Gasteiger partial charge is 0.488 e. The fourth-order valence-corrected chi connectivity index (χ4v) is 11.7. The van der Waals surface area contributed by atoms with Crippen molar-refractivity contribution in [2.24, 2.45) is 42.3 Å². The lowest BCUT2D eigenvalue weighted by Crippen LogP contribution is -2.29. The lowest BCUT2D eigenvalue weighted by atomic mass is 9.80. The average molecular weight is 2070 g/mol. The molecule has 35 nitrogen and oxygen atoms in total. The van der Waals surface area contributed by atoms with Gasteiger partial charge in [-0.15, -0.1) is 24.0 Å². The van der Waals surface area contributed by atoms with Crippen molar-refractivity contribution in [2.75, 3.05) is 68.3 Å². The van der Waals surface area contributed by atoms with Crippen LogP contribution in [0.25, 0.3) is 67.7 Å². The van der Waals surface area contributed by atoms with E-state index >= 15 is 0 Å². The Hall–Kier alpha value is -10.5. The fraction of sp³-hybridized carbons (Fsp3) is 0.269. The van der Waals surface area contributed by atoms with Crippen LogP contribution in [0.1, 0.15) is 46.0 Å². The molecule has 0 spiro atoms. The van der Waals surface area contributed by atoms with E-state index in [0.29, 0.717) is 102 Å². The fourth-order valence-electron chi connectivity index (χ4n) is 9.91. The number of nitrogens with two attached hydrogens (primary N) is 2. The Balaban J connectivity index is 0.000000756. The Morgan fingerprint density at radius 2 is 0.833 bits per heavy atom. The van der Waals surface area contributed by atoms with Gasteiger partial charge < -0.3 is 93.2 Å². The number of rotatable bonds is 17. The first-order chi connectivity index (χ1) is 58.2. The van der Waals surface area contributed by atoms with Crippen LogP contribution >= 0.6 is 133 Å². The average Bonchev–Trinajstić information content (AvgIpc) is 1.54. The minimum atomic E-state index is -1.51. The third-order valence-corrected chi connectivity index (χ3v) is 18.4. The van der Waals surface area contributed by atoms with Crippen LogP contribution in [0.4, 0.5) is 11.6 Å². The summed E-state index contributed by atoms with van der Waals surface area (Å²) >= 11 is 47.6. The van der Waals surface area contributed by atoms with Gasteiger partial charge in [-0.1, -0.05) is 91.4 Å². The Morgan fingerprint density at radius 1 is 0.484 bits per heavy atom. The van der Waals surface area contributed by atoms with Crippen LogP contribution in [0.15, 0.2) is 134 Å². The zero-order chi connectivity index (χ0) is 92.6. The van der Waals surface area contributed by atoms with Gasteiger partial charge in [-0.25, -0.2) is 39.9 Å². The molecule has 671 valence electrons. The van der Waals surface area contributed by atoms with E-state index in [1.54, 1.807) is 119 Å². The number of nitriles is 1. The Kier molecular flexibility index (Phi) is 49.7. The number of anilines is 2. The van der Waals surface area contributed by atoms with E-state index in [0.717, 1.165) is 34.6 Å². The van der Waals surface area contributed by atoms with Gasteiger partial charge in [0.25, 0.3) is 22.2 Å². The first-order valence-corrected chi connectivity index (χ1v) is 38.6. The van der Waals surface area contributed by atoms with Gasteiger partial charge in [0.2, 0.25) is 0 Å². The summed E-state index contributed by atoms with van der Waals surface area (Å²) in [6.45, 7) is 5.80. The zero-order valence-corrected chi connectivity index (χ0v) is 79.2. The molecule has 48 heteroatoms. The highest BCUT2D eigenvalue weighted by molar-refractivity contribution is 14.0. The highest BCUT2D eigenvalue weighted by Gasteiger charge is 2.23. The Labute approximate surface area is 794 Å². The molecule has 6 N–H and O–H groups in total. The number of nitrogen functional groups attached to an aromatic ring is 2. The topological polar surface area (TPSA) is 451 Å². The molecule has 8 aromatic heterocycles. The van der Waals surface area contributed by atoms with E-state index in [2.05, 4.69) is 105 Å². The summed E-state index contributed by atoms with van der Waals surface area (Å²) in [6, 6.07) is 18.4. The molecule has 126 heavy (non-hydrogen) atoms. The van der Waals surface area contributed by atoms with Crippen LogP contribution in [-0.4, -0.2) is 178 Å². The number of hydrogen-bond acceptors (Lipinski definition) is 29. The van der Waals surface area contributed by atoms with Gasteiger partial charge in [0.05, 0.1) is 108 Å². The van der Waals surface area contributed by atoms with E-state index in [-0.39, 0.29) is 115 Å². The van der Waals surface area contributed by atoms with E-state index in [4.69, 9.17) is 134 Å². The van der Waals surface area contributed by atoms with Crippen LogP contribution in [0.5, 0.6) is 46.0 Å². The van der Waals surface area contributed by atoms with Crippen LogP contribution in [0, 0.1) is 25.2 Å². The second-order valence-corrected chi connectivity index (χ2v) is 28.0. The molecule has 0 saturated heterocycles. The lowest BCUT2D eigenvalue weighted by Gasteiger charge is -2.13. The molecule has 0 bridgehead atoms. The number of aromatic nitrogens is 16. The van der Waals surface area contributed by atoms with E-state index < -0.39 is 17.6 Å². The quantitative estimate of drug-likeness (QED) is 0.0285. The predicted octanol–water partition coefficient (Wildman–Crippen LogP) is 12.7. The third kappa shape index (κ3) is 32.7. The number of aryl methyl sites for hydroxylation is 8. The number of halogens is 10. The molecule has 0 aliphatic rings. The number of methoxy groups -OCH3 is 8. The maximum atomic E-state index is 13.0. The Morgan fingerprint density at radius 3 is 1.18 bits per heavy atom. The van der Waals surface area contributed by atoms with Crippen molar-refractivity contribution in [2.45, 2.75) is 48.5 Å². The third-order valence-electron chi connectivity index (χ3n) is 15.8. The number of ether oxygens (including phenoxy) is 8. The summed E-state index contributed by atoms with van der Waals surface area (Å²) < 4.78 is 50.6. The van der Waals surface area contributed by atoms with Crippen molar-refractivity contribution in [1.29, 1.82) is 5.26 Å². The van der Waals surface area contributed by atoms with Crippen molar-refractivity contribution in [1.82, 2.24) is 77.7 Å². The van der Waals surface area contributed by atoms with Gasteiger partial charge in [-0.3, -0.25) is 38.1 Å². The number of unbranched alkanes of at least 4 members (excludes halogenated alkanes) is 1.